The largest absolute Gasteiger partial charge is 0.361 e. The maximum atomic E-state index is 12.5. The average Bonchev–Trinajstić information content (AvgIpc) is 2.07. The first-order chi connectivity index (χ1) is 5.74. The van der Waals surface area contributed by atoms with Crippen LogP contribution in [0.15, 0.2) is 17.1 Å². The molecule has 0 saturated carbocycles. The lowest BCUT2D eigenvalue weighted by Crippen LogP contribution is -2.20. The predicted octanol–water partition coefficient (Wildman–Crippen LogP) is 0.782. The van der Waals surface area contributed by atoms with Gasteiger partial charge in [-0.15, -0.1) is 0 Å². The quantitative estimate of drug-likeness (QED) is 0.671. The number of pyridine rings is 1. The molecule has 1 aromatic heterocycles. The van der Waals surface area contributed by atoms with Gasteiger partial charge < -0.3 is 4.74 Å². The molecule has 3 nitrogen and oxygen atoms in total. The molecule has 0 amide bonds. The molecular formula is C8H9FNO2. The zero-order valence-corrected chi connectivity index (χ0v) is 6.71. The van der Waals surface area contributed by atoms with Crippen molar-refractivity contribution in [3.8, 4) is 0 Å². The molecule has 0 N–H and O–H groups in total. The third kappa shape index (κ3) is 2.17. The summed E-state index contributed by atoms with van der Waals surface area (Å²) >= 11 is 0. The lowest BCUT2D eigenvalue weighted by atomic mass is 10.5. The van der Waals surface area contributed by atoms with Crippen LogP contribution in [-0.2, 0) is 11.5 Å². The van der Waals surface area contributed by atoms with Gasteiger partial charge in [0.05, 0.1) is 0 Å². The fraction of sp³-hybridized carbons (Fsp3) is 0.375. The minimum absolute atomic E-state index is 0.0843. The van der Waals surface area contributed by atoms with E-state index in [2.05, 4.69) is 6.07 Å². The Bertz CT molecular complexity index is 308. The molecule has 0 fully saturated rings. The van der Waals surface area contributed by atoms with Crippen molar-refractivity contribution in [2.75, 3.05) is 6.61 Å². The molecule has 12 heavy (non-hydrogen) atoms. The molecule has 0 saturated heterocycles. The second-order valence-corrected chi connectivity index (χ2v) is 2.20. The van der Waals surface area contributed by atoms with E-state index in [1.807, 2.05) is 0 Å². The van der Waals surface area contributed by atoms with Crippen LogP contribution in [0.25, 0.3) is 0 Å². The Morgan fingerprint density at radius 3 is 3.17 bits per heavy atom. The fourth-order valence-electron chi connectivity index (χ4n) is 0.742. The monoisotopic (exact) mass is 170 g/mol. The summed E-state index contributed by atoms with van der Waals surface area (Å²) in [6.07, 6.45) is 1.07. The van der Waals surface area contributed by atoms with Gasteiger partial charge in [0.1, 0.15) is 12.5 Å². The number of hydrogen-bond donors (Lipinski definition) is 0. The van der Waals surface area contributed by atoms with Crippen LogP contribution in [-0.4, -0.2) is 11.2 Å². The molecule has 65 valence electrons. The molecular weight excluding hydrogens is 161 g/mol. The molecule has 4 heteroatoms. The standard InChI is InChI=1S/C8H9FNO2/c1-2-12-6-10-5-7(9)3-4-8(10)11/h4-5H,2,6H2,1H3. The average molecular weight is 170 g/mol. The van der Waals surface area contributed by atoms with E-state index < -0.39 is 5.82 Å². The van der Waals surface area contributed by atoms with Crippen molar-refractivity contribution in [1.29, 1.82) is 0 Å². The number of rotatable bonds is 3. The molecule has 0 aliphatic rings. The smallest absolute Gasteiger partial charge is 0.253 e. The Balaban J connectivity index is 2.83. The number of hydrogen-bond acceptors (Lipinski definition) is 2. The zero-order chi connectivity index (χ0) is 8.97. The zero-order valence-electron chi connectivity index (χ0n) is 6.71. The summed E-state index contributed by atoms with van der Waals surface area (Å²) in [6, 6.07) is 3.21. The third-order valence-corrected chi connectivity index (χ3v) is 1.32. The SMILES string of the molecule is CCOCn1cc(F)[c]cc1=O. The summed E-state index contributed by atoms with van der Waals surface area (Å²) in [5, 5.41) is 0. The summed E-state index contributed by atoms with van der Waals surface area (Å²) < 4.78 is 18.6. The van der Waals surface area contributed by atoms with Crippen LogP contribution in [0.2, 0.25) is 0 Å². The van der Waals surface area contributed by atoms with Crippen LogP contribution in [0.3, 0.4) is 0 Å². The molecule has 1 aromatic rings. The number of nitrogens with zero attached hydrogens (tertiary/aromatic N) is 1. The molecule has 1 rings (SSSR count). The third-order valence-electron chi connectivity index (χ3n) is 1.32. The summed E-state index contributed by atoms with van der Waals surface area (Å²) in [4.78, 5) is 11.0. The first-order valence-electron chi connectivity index (χ1n) is 3.59. The molecule has 1 radical (unpaired) electrons. The highest BCUT2D eigenvalue weighted by atomic mass is 19.1. The van der Waals surface area contributed by atoms with Gasteiger partial charge >= 0.3 is 0 Å². The van der Waals surface area contributed by atoms with E-state index in [4.69, 9.17) is 4.74 Å². The number of ether oxygens (including phenoxy) is 1. The first-order valence-corrected chi connectivity index (χ1v) is 3.59. The lowest BCUT2D eigenvalue weighted by molar-refractivity contribution is 0.0846. The lowest BCUT2D eigenvalue weighted by Gasteiger charge is -2.03. The van der Waals surface area contributed by atoms with Crippen LogP contribution in [0.1, 0.15) is 6.92 Å². The second kappa shape index (κ2) is 4.01. The van der Waals surface area contributed by atoms with Crippen molar-refractivity contribution in [3.05, 3.63) is 34.5 Å². The van der Waals surface area contributed by atoms with E-state index in [0.717, 1.165) is 16.8 Å². The van der Waals surface area contributed by atoms with Gasteiger partial charge in [0.2, 0.25) is 0 Å². The summed E-state index contributed by atoms with van der Waals surface area (Å²) in [5.74, 6) is -0.561. The van der Waals surface area contributed by atoms with E-state index >= 15 is 0 Å². The van der Waals surface area contributed by atoms with Crippen molar-refractivity contribution in [3.63, 3.8) is 0 Å². The van der Waals surface area contributed by atoms with Gasteiger partial charge in [-0.2, -0.15) is 0 Å². The van der Waals surface area contributed by atoms with Crippen molar-refractivity contribution in [2.45, 2.75) is 13.7 Å². The fourth-order valence-corrected chi connectivity index (χ4v) is 0.742. The van der Waals surface area contributed by atoms with E-state index in [1.165, 1.54) is 0 Å². The molecule has 0 bridgehead atoms. The van der Waals surface area contributed by atoms with Gasteiger partial charge in [-0.05, 0) is 6.92 Å². The highest BCUT2D eigenvalue weighted by molar-refractivity contribution is 4.93. The minimum atomic E-state index is -0.561. The van der Waals surface area contributed by atoms with Gasteiger partial charge in [0.25, 0.3) is 5.56 Å². The number of halogens is 1. The Labute approximate surface area is 69.4 Å². The molecule has 0 unspecified atom stereocenters. The van der Waals surface area contributed by atoms with Gasteiger partial charge in [0, 0.05) is 24.9 Å². The minimum Gasteiger partial charge on any atom is -0.361 e. The van der Waals surface area contributed by atoms with Crippen molar-refractivity contribution >= 4 is 0 Å². The highest BCUT2D eigenvalue weighted by Gasteiger charge is 1.96. The van der Waals surface area contributed by atoms with E-state index in [9.17, 15) is 9.18 Å². The van der Waals surface area contributed by atoms with Crippen LogP contribution >= 0.6 is 0 Å². The number of aromatic nitrogens is 1. The Kier molecular flexibility index (Phi) is 2.99. The van der Waals surface area contributed by atoms with Crippen molar-refractivity contribution in [2.24, 2.45) is 0 Å². The summed E-state index contributed by atoms with van der Waals surface area (Å²) in [7, 11) is 0. The molecule has 0 aliphatic heterocycles. The summed E-state index contributed by atoms with van der Waals surface area (Å²) in [5.41, 5.74) is -0.315. The van der Waals surface area contributed by atoms with Gasteiger partial charge in [0.15, 0.2) is 0 Å². The maximum absolute atomic E-state index is 12.5. The normalized spacial score (nSPS) is 10.2. The van der Waals surface area contributed by atoms with Crippen molar-refractivity contribution < 1.29 is 9.13 Å². The Hall–Kier alpha value is -1.16. The van der Waals surface area contributed by atoms with Gasteiger partial charge in [-0.3, -0.25) is 9.36 Å². The summed E-state index contributed by atoms with van der Waals surface area (Å²) in [6.45, 7) is 2.38. The van der Waals surface area contributed by atoms with Gasteiger partial charge in [-0.1, -0.05) is 0 Å². The highest BCUT2D eigenvalue weighted by Crippen LogP contribution is 1.90. The molecule has 1 heterocycles. The van der Waals surface area contributed by atoms with E-state index in [-0.39, 0.29) is 12.3 Å². The second-order valence-electron chi connectivity index (χ2n) is 2.20. The molecule has 0 aliphatic carbocycles. The predicted molar refractivity (Wildman–Crippen MR) is 41.1 cm³/mol. The van der Waals surface area contributed by atoms with Gasteiger partial charge in [-0.25, -0.2) is 4.39 Å². The first kappa shape index (κ1) is 8.93. The molecule has 0 atom stereocenters. The molecule has 0 aromatic carbocycles. The molecule has 0 spiro atoms. The van der Waals surface area contributed by atoms with Crippen LogP contribution in [0.5, 0.6) is 0 Å². The Morgan fingerprint density at radius 2 is 2.50 bits per heavy atom. The maximum Gasteiger partial charge on any atom is 0.253 e. The van der Waals surface area contributed by atoms with E-state index in [1.54, 1.807) is 6.92 Å². The van der Waals surface area contributed by atoms with Crippen LogP contribution < -0.4 is 5.56 Å². The van der Waals surface area contributed by atoms with Crippen molar-refractivity contribution in [1.82, 2.24) is 4.57 Å². The topological polar surface area (TPSA) is 31.2 Å². The van der Waals surface area contributed by atoms with Crippen LogP contribution in [0.4, 0.5) is 4.39 Å². The Morgan fingerprint density at radius 1 is 1.75 bits per heavy atom. The van der Waals surface area contributed by atoms with Crippen LogP contribution in [0, 0.1) is 11.9 Å². The van der Waals surface area contributed by atoms with E-state index in [0.29, 0.717) is 6.61 Å².